The van der Waals surface area contributed by atoms with Crippen molar-refractivity contribution in [3.8, 4) is 0 Å². The quantitative estimate of drug-likeness (QED) is 0.827. The van der Waals surface area contributed by atoms with E-state index in [9.17, 15) is 13.2 Å². The number of likely N-dealkylation sites (N-methyl/N-ethyl adjacent to an activating group) is 1. The van der Waals surface area contributed by atoms with Gasteiger partial charge in [-0.15, -0.1) is 0 Å². The lowest BCUT2D eigenvalue weighted by atomic mass is 9.74. The number of rotatable bonds is 5. The van der Waals surface area contributed by atoms with Gasteiger partial charge in [0.2, 0.25) is 0 Å². The van der Waals surface area contributed by atoms with E-state index in [1.807, 2.05) is 14.1 Å². The molecule has 0 heterocycles. The summed E-state index contributed by atoms with van der Waals surface area (Å²) in [6.45, 7) is 0. The van der Waals surface area contributed by atoms with Crippen LogP contribution in [0.4, 0.5) is 13.2 Å². The molecule has 0 saturated heterocycles. The van der Waals surface area contributed by atoms with Gasteiger partial charge in [-0.2, -0.15) is 13.2 Å². The fourth-order valence-electron chi connectivity index (χ4n) is 3.10. The van der Waals surface area contributed by atoms with Crippen molar-refractivity contribution in [1.29, 1.82) is 0 Å². The summed E-state index contributed by atoms with van der Waals surface area (Å²) < 4.78 is 36.5. The molecule has 0 aromatic rings. The highest BCUT2D eigenvalue weighted by Crippen LogP contribution is 2.36. The van der Waals surface area contributed by atoms with Crippen molar-refractivity contribution >= 4 is 0 Å². The molecule has 0 bridgehead atoms. The van der Waals surface area contributed by atoms with Crippen molar-refractivity contribution in [3.05, 3.63) is 0 Å². The zero-order valence-corrected chi connectivity index (χ0v) is 11.4. The summed E-state index contributed by atoms with van der Waals surface area (Å²) in [5.74, 6) is 0. The van der Waals surface area contributed by atoms with E-state index in [0.29, 0.717) is 6.42 Å². The normalized spacial score (nSPS) is 22.2. The van der Waals surface area contributed by atoms with E-state index in [0.717, 1.165) is 25.7 Å². The molecular weight excluding hydrogens is 241 g/mol. The summed E-state index contributed by atoms with van der Waals surface area (Å²) in [7, 11) is 3.99. The summed E-state index contributed by atoms with van der Waals surface area (Å²) >= 11 is 0. The smallest absolute Gasteiger partial charge is 0.326 e. The second-order valence-corrected chi connectivity index (χ2v) is 5.67. The zero-order valence-electron chi connectivity index (χ0n) is 11.4. The molecule has 0 aromatic carbocycles. The van der Waals surface area contributed by atoms with Crippen molar-refractivity contribution in [2.45, 2.75) is 69.1 Å². The van der Waals surface area contributed by atoms with Gasteiger partial charge in [0.15, 0.2) is 0 Å². The van der Waals surface area contributed by atoms with Gasteiger partial charge in [0.1, 0.15) is 0 Å². The third kappa shape index (κ3) is 4.12. The lowest BCUT2D eigenvalue weighted by molar-refractivity contribution is -0.136. The van der Waals surface area contributed by atoms with E-state index < -0.39 is 12.6 Å². The molecule has 18 heavy (non-hydrogen) atoms. The van der Waals surface area contributed by atoms with Crippen molar-refractivity contribution in [2.24, 2.45) is 5.73 Å². The molecule has 2 nitrogen and oxygen atoms in total. The van der Waals surface area contributed by atoms with Gasteiger partial charge in [-0.3, -0.25) is 0 Å². The Morgan fingerprint density at radius 3 is 2.17 bits per heavy atom. The number of alkyl halides is 3. The minimum absolute atomic E-state index is 0.0934. The first-order chi connectivity index (χ1) is 8.28. The van der Waals surface area contributed by atoms with Gasteiger partial charge >= 0.3 is 6.18 Å². The van der Waals surface area contributed by atoms with Crippen molar-refractivity contribution in [1.82, 2.24) is 4.90 Å². The van der Waals surface area contributed by atoms with Crippen LogP contribution in [0.2, 0.25) is 0 Å². The van der Waals surface area contributed by atoms with Gasteiger partial charge in [0, 0.05) is 18.0 Å². The van der Waals surface area contributed by atoms with Gasteiger partial charge in [0.05, 0.1) is 0 Å². The Morgan fingerprint density at radius 2 is 1.72 bits per heavy atom. The molecule has 1 aliphatic rings. The number of halogens is 3. The molecule has 1 unspecified atom stereocenters. The van der Waals surface area contributed by atoms with Gasteiger partial charge in [-0.1, -0.05) is 19.3 Å². The summed E-state index contributed by atoms with van der Waals surface area (Å²) in [4.78, 5) is 2.13. The highest BCUT2D eigenvalue weighted by atomic mass is 19.4. The largest absolute Gasteiger partial charge is 0.389 e. The predicted octanol–water partition coefficient (Wildman–Crippen LogP) is 3.31. The number of hydrogen-bond donors (Lipinski definition) is 1. The zero-order chi connectivity index (χ0) is 13.8. The van der Waals surface area contributed by atoms with Crippen LogP contribution in [0, 0.1) is 0 Å². The van der Waals surface area contributed by atoms with E-state index in [-0.39, 0.29) is 18.0 Å². The molecule has 1 atom stereocenters. The molecule has 1 fully saturated rings. The summed E-state index contributed by atoms with van der Waals surface area (Å²) in [6.07, 6.45) is 1.31. The van der Waals surface area contributed by atoms with Gasteiger partial charge in [-0.05, 0) is 39.8 Å². The average molecular weight is 266 g/mol. The molecule has 0 aliphatic heterocycles. The van der Waals surface area contributed by atoms with Gasteiger partial charge in [-0.25, -0.2) is 0 Å². The first kappa shape index (κ1) is 15.8. The lowest BCUT2D eigenvalue weighted by Gasteiger charge is -2.47. The van der Waals surface area contributed by atoms with E-state index in [1.54, 1.807) is 0 Å². The molecule has 1 rings (SSSR count). The Labute approximate surface area is 108 Å². The topological polar surface area (TPSA) is 29.3 Å². The molecular formula is C13H25F3N2. The van der Waals surface area contributed by atoms with Crippen LogP contribution in [0.15, 0.2) is 0 Å². The van der Waals surface area contributed by atoms with Crippen LogP contribution >= 0.6 is 0 Å². The standard InChI is InChI=1S/C13H25F3N2/c1-18(2)12(8-4-3-5-9-12)11(17)7-6-10-13(14,15)16/h11H,3-10,17H2,1-2H3. The maximum absolute atomic E-state index is 12.2. The lowest BCUT2D eigenvalue weighted by Crippen LogP contribution is -2.58. The molecule has 5 heteroatoms. The number of nitrogens with two attached hydrogens (primary N) is 1. The fraction of sp³-hybridized carbons (Fsp3) is 1.00. The molecule has 1 saturated carbocycles. The molecule has 0 radical (unpaired) electrons. The second-order valence-electron chi connectivity index (χ2n) is 5.67. The maximum Gasteiger partial charge on any atom is 0.389 e. The summed E-state index contributed by atoms with van der Waals surface area (Å²) in [5.41, 5.74) is 6.11. The average Bonchev–Trinajstić information content (AvgIpc) is 2.27. The van der Waals surface area contributed by atoms with Crippen LogP contribution < -0.4 is 5.73 Å². The first-order valence-corrected chi connectivity index (χ1v) is 6.78. The molecule has 0 spiro atoms. The highest BCUT2D eigenvalue weighted by Gasteiger charge is 2.40. The van der Waals surface area contributed by atoms with Crippen molar-refractivity contribution in [2.75, 3.05) is 14.1 Å². The minimum atomic E-state index is -4.06. The third-order valence-corrected chi connectivity index (χ3v) is 4.28. The predicted molar refractivity (Wildman–Crippen MR) is 67.4 cm³/mol. The second kappa shape index (κ2) is 6.24. The van der Waals surface area contributed by atoms with Gasteiger partial charge in [0.25, 0.3) is 0 Å². The SMILES string of the molecule is CN(C)C1(C(N)CCCC(F)(F)F)CCCCC1. The van der Waals surface area contributed by atoms with Crippen LogP contribution in [0.5, 0.6) is 0 Å². The van der Waals surface area contributed by atoms with Crippen LogP contribution in [0.25, 0.3) is 0 Å². The third-order valence-electron chi connectivity index (χ3n) is 4.28. The number of nitrogens with zero attached hydrogens (tertiary/aromatic N) is 1. The fourth-order valence-corrected chi connectivity index (χ4v) is 3.10. The minimum Gasteiger partial charge on any atom is -0.326 e. The molecule has 0 amide bonds. The summed E-state index contributed by atoms with van der Waals surface area (Å²) in [6, 6.07) is -0.157. The molecule has 1 aliphatic carbocycles. The van der Waals surface area contributed by atoms with Crippen LogP contribution in [0.1, 0.15) is 51.4 Å². The Morgan fingerprint density at radius 1 is 1.17 bits per heavy atom. The van der Waals surface area contributed by atoms with E-state index >= 15 is 0 Å². The Bertz CT molecular complexity index is 245. The van der Waals surface area contributed by atoms with Gasteiger partial charge < -0.3 is 10.6 Å². The Hall–Kier alpha value is -0.290. The maximum atomic E-state index is 12.2. The molecule has 0 aromatic heterocycles. The van der Waals surface area contributed by atoms with E-state index in [4.69, 9.17) is 5.73 Å². The Kier molecular flexibility index (Phi) is 5.46. The number of hydrogen-bond acceptors (Lipinski definition) is 2. The van der Waals surface area contributed by atoms with E-state index in [1.165, 1.54) is 6.42 Å². The van der Waals surface area contributed by atoms with Crippen molar-refractivity contribution < 1.29 is 13.2 Å². The Balaban J connectivity index is 2.52. The summed E-state index contributed by atoms with van der Waals surface area (Å²) in [5, 5.41) is 0. The van der Waals surface area contributed by atoms with Crippen LogP contribution in [-0.4, -0.2) is 36.8 Å². The molecule has 108 valence electrons. The van der Waals surface area contributed by atoms with Crippen LogP contribution in [0.3, 0.4) is 0 Å². The van der Waals surface area contributed by atoms with Crippen molar-refractivity contribution in [3.63, 3.8) is 0 Å². The van der Waals surface area contributed by atoms with Crippen LogP contribution in [-0.2, 0) is 0 Å². The highest BCUT2D eigenvalue weighted by molar-refractivity contribution is 4.98. The first-order valence-electron chi connectivity index (χ1n) is 6.78. The monoisotopic (exact) mass is 266 g/mol. The molecule has 2 N–H and O–H groups in total. The van der Waals surface area contributed by atoms with E-state index in [2.05, 4.69) is 4.90 Å².